The highest BCUT2D eigenvalue weighted by Crippen LogP contribution is 2.28. The molecule has 104 valence electrons. The number of amides is 1. The molecule has 6 heteroatoms. The molecule has 1 N–H and O–H groups in total. The Kier molecular flexibility index (Phi) is 3.22. The molecule has 2 aromatic heterocycles. The second-order valence-corrected chi connectivity index (χ2v) is 5.07. The minimum atomic E-state index is -0.246. The van der Waals surface area contributed by atoms with Crippen LogP contribution in [0.25, 0.3) is 0 Å². The van der Waals surface area contributed by atoms with Crippen LogP contribution in [0, 0.1) is 13.8 Å². The summed E-state index contributed by atoms with van der Waals surface area (Å²) in [7, 11) is 0. The third kappa shape index (κ3) is 2.41. The lowest BCUT2D eigenvalue weighted by Gasteiger charge is -2.24. The monoisotopic (exact) mass is 272 g/mol. The second-order valence-electron chi connectivity index (χ2n) is 5.07. The van der Waals surface area contributed by atoms with Gasteiger partial charge in [0.15, 0.2) is 0 Å². The molecule has 0 saturated carbocycles. The van der Waals surface area contributed by atoms with E-state index >= 15 is 0 Å². The molecule has 0 fully saturated rings. The van der Waals surface area contributed by atoms with Gasteiger partial charge >= 0.3 is 0 Å². The maximum absolute atomic E-state index is 12.1. The number of carbonyl (C=O) groups excluding carboxylic acids is 1. The van der Waals surface area contributed by atoms with Crippen molar-refractivity contribution >= 4 is 5.91 Å². The molecule has 6 nitrogen and oxygen atoms in total. The van der Waals surface area contributed by atoms with E-state index in [2.05, 4.69) is 20.4 Å². The molecule has 0 radical (unpaired) electrons. The summed E-state index contributed by atoms with van der Waals surface area (Å²) in [5, 5.41) is 6.70. The van der Waals surface area contributed by atoms with Crippen LogP contribution in [0.2, 0.25) is 0 Å². The molecular weight excluding hydrogens is 256 g/mol. The smallest absolute Gasteiger partial charge is 0.290 e. The summed E-state index contributed by atoms with van der Waals surface area (Å²) in [5.74, 6) is 0.758. The summed E-state index contributed by atoms with van der Waals surface area (Å²) in [6, 6.07) is 1.57. The van der Waals surface area contributed by atoms with Gasteiger partial charge in [-0.05, 0) is 33.1 Å². The molecule has 0 bridgehead atoms. The van der Waals surface area contributed by atoms with Crippen molar-refractivity contribution in [1.82, 2.24) is 20.4 Å². The fraction of sp³-hybridized carbons (Fsp3) is 0.429. The predicted molar refractivity (Wildman–Crippen MR) is 71.2 cm³/mol. The molecule has 0 spiro atoms. The molecule has 20 heavy (non-hydrogen) atoms. The highest BCUT2D eigenvalue weighted by atomic mass is 16.5. The molecule has 2 aromatic rings. The van der Waals surface area contributed by atoms with Crippen molar-refractivity contribution in [2.75, 3.05) is 0 Å². The lowest BCUT2D eigenvalue weighted by molar-refractivity contribution is 0.0895. The molecule has 1 amide bonds. The van der Waals surface area contributed by atoms with Gasteiger partial charge in [0.05, 0.1) is 11.7 Å². The van der Waals surface area contributed by atoms with Crippen molar-refractivity contribution in [2.45, 2.75) is 39.2 Å². The lowest BCUT2D eigenvalue weighted by atomic mass is 9.92. The predicted octanol–water partition coefficient (Wildman–Crippen LogP) is 1.89. The summed E-state index contributed by atoms with van der Waals surface area (Å²) in [4.78, 5) is 20.8. The molecule has 0 aromatic carbocycles. The van der Waals surface area contributed by atoms with Crippen LogP contribution in [0.1, 0.15) is 52.2 Å². The van der Waals surface area contributed by atoms with Crippen LogP contribution in [0.3, 0.4) is 0 Å². The molecule has 1 aliphatic rings. The SMILES string of the molecule is Cc1cc(C(=O)NC2CCCc3nc(C)ncc32)on1. The molecule has 0 saturated heterocycles. The van der Waals surface area contributed by atoms with Crippen LogP contribution in [-0.4, -0.2) is 21.0 Å². The number of aromatic nitrogens is 3. The topological polar surface area (TPSA) is 80.9 Å². The Morgan fingerprint density at radius 3 is 3.05 bits per heavy atom. The van der Waals surface area contributed by atoms with Gasteiger partial charge in [0.1, 0.15) is 5.82 Å². The van der Waals surface area contributed by atoms with E-state index in [0.29, 0.717) is 5.69 Å². The molecule has 1 unspecified atom stereocenters. The van der Waals surface area contributed by atoms with E-state index < -0.39 is 0 Å². The van der Waals surface area contributed by atoms with Gasteiger partial charge in [-0.2, -0.15) is 0 Å². The summed E-state index contributed by atoms with van der Waals surface area (Å²) in [6.07, 6.45) is 4.64. The van der Waals surface area contributed by atoms with Crippen molar-refractivity contribution in [2.24, 2.45) is 0 Å². The first-order chi connectivity index (χ1) is 9.63. The third-order valence-corrected chi connectivity index (χ3v) is 3.46. The minimum absolute atomic E-state index is 0.0581. The Balaban J connectivity index is 1.81. The Hall–Kier alpha value is -2.24. The Bertz CT molecular complexity index is 650. The maximum Gasteiger partial charge on any atom is 0.290 e. The fourth-order valence-electron chi connectivity index (χ4n) is 2.50. The zero-order valence-electron chi connectivity index (χ0n) is 11.5. The number of rotatable bonds is 2. The van der Waals surface area contributed by atoms with Crippen molar-refractivity contribution in [3.63, 3.8) is 0 Å². The zero-order valence-corrected chi connectivity index (χ0v) is 11.5. The zero-order chi connectivity index (χ0) is 14.1. The van der Waals surface area contributed by atoms with Crippen LogP contribution in [0.5, 0.6) is 0 Å². The van der Waals surface area contributed by atoms with Gasteiger partial charge in [-0.3, -0.25) is 4.79 Å². The van der Waals surface area contributed by atoms with Crippen LogP contribution < -0.4 is 5.32 Å². The number of hydrogen-bond donors (Lipinski definition) is 1. The normalized spacial score (nSPS) is 17.6. The first kappa shape index (κ1) is 12.8. The van der Waals surface area contributed by atoms with E-state index in [-0.39, 0.29) is 17.7 Å². The summed E-state index contributed by atoms with van der Waals surface area (Å²) in [5.41, 5.74) is 2.73. The third-order valence-electron chi connectivity index (χ3n) is 3.46. The number of fused-ring (bicyclic) bond motifs is 1. The average Bonchev–Trinajstić information content (AvgIpc) is 2.85. The molecule has 3 rings (SSSR count). The van der Waals surface area contributed by atoms with E-state index in [4.69, 9.17) is 4.52 Å². The van der Waals surface area contributed by atoms with Crippen LogP contribution in [0.4, 0.5) is 0 Å². The van der Waals surface area contributed by atoms with Crippen molar-refractivity contribution in [1.29, 1.82) is 0 Å². The number of carbonyl (C=O) groups is 1. The minimum Gasteiger partial charge on any atom is -0.351 e. The first-order valence-corrected chi connectivity index (χ1v) is 6.70. The van der Waals surface area contributed by atoms with Crippen molar-refractivity contribution in [3.05, 3.63) is 40.8 Å². The van der Waals surface area contributed by atoms with Crippen LogP contribution in [-0.2, 0) is 6.42 Å². The molecule has 0 aliphatic heterocycles. The van der Waals surface area contributed by atoms with Gasteiger partial charge in [0.25, 0.3) is 5.91 Å². The summed E-state index contributed by atoms with van der Waals surface area (Å²) >= 11 is 0. The van der Waals surface area contributed by atoms with Gasteiger partial charge in [-0.25, -0.2) is 9.97 Å². The van der Waals surface area contributed by atoms with Gasteiger partial charge in [-0.1, -0.05) is 5.16 Å². The van der Waals surface area contributed by atoms with E-state index in [1.165, 1.54) is 0 Å². The number of nitrogens with one attached hydrogen (secondary N) is 1. The number of nitrogens with zero attached hydrogens (tertiary/aromatic N) is 3. The Morgan fingerprint density at radius 2 is 2.30 bits per heavy atom. The highest BCUT2D eigenvalue weighted by Gasteiger charge is 2.25. The standard InChI is InChI=1S/C14H16N4O2/c1-8-6-13(20-18-8)14(19)17-12-5-3-4-11-10(12)7-15-9(2)16-11/h6-7,12H,3-5H2,1-2H3,(H,17,19). The summed E-state index contributed by atoms with van der Waals surface area (Å²) < 4.78 is 4.98. The van der Waals surface area contributed by atoms with E-state index in [1.807, 2.05) is 13.1 Å². The molecule has 1 atom stereocenters. The average molecular weight is 272 g/mol. The number of aryl methyl sites for hydroxylation is 3. The van der Waals surface area contributed by atoms with Crippen LogP contribution in [0.15, 0.2) is 16.8 Å². The summed E-state index contributed by atoms with van der Waals surface area (Å²) in [6.45, 7) is 3.66. The fourth-order valence-corrected chi connectivity index (χ4v) is 2.50. The van der Waals surface area contributed by atoms with E-state index in [9.17, 15) is 4.79 Å². The molecule has 1 aliphatic carbocycles. The molecular formula is C14H16N4O2. The quantitative estimate of drug-likeness (QED) is 0.902. The second kappa shape index (κ2) is 5.03. The van der Waals surface area contributed by atoms with Crippen molar-refractivity contribution < 1.29 is 9.32 Å². The lowest BCUT2D eigenvalue weighted by Crippen LogP contribution is -2.31. The first-order valence-electron chi connectivity index (χ1n) is 6.70. The van der Waals surface area contributed by atoms with Gasteiger partial charge < -0.3 is 9.84 Å². The van der Waals surface area contributed by atoms with Gasteiger partial charge in [0, 0.05) is 23.5 Å². The Morgan fingerprint density at radius 1 is 1.45 bits per heavy atom. The van der Waals surface area contributed by atoms with Crippen molar-refractivity contribution in [3.8, 4) is 0 Å². The molecule has 2 heterocycles. The largest absolute Gasteiger partial charge is 0.351 e. The van der Waals surface area contributed by atoms with E-state index in [0.717, 1.165) is 36.3 Å². The van der Waals surface area contributed by atoms with Gasteiger partial charge in [0.2, 0.25) is 5.76 Å². The Labute approximate surface area is 116 Å². The van der Waals surface area contributed by atoms with Crippen LogP contribution >= 0.6 is 0 Å². The number of hydrogen-bond acceptors (Lipinski definition) is 5. The van der Waals surface area contributed by atoms with E-state index in [1.54, 1.807) is 13.0 Å². The van der Waals surface area contributed by atoms with Gasteiger partial charge in [-0.15, -0.1) is 0 Å². The maximum atomic E-state index is 12.1. The highest BCUT2D eigenvalue weighted by molar-refractivity contribution is 5.91.